The lowest BCUT2D eigenvalue weighted by molar-refractivity contribution is 0.273. The second kappa shape index (κ2) is 6.58. The molecule has 3 nitrogen and oxygen atoms in total. The molecule has 0 aliphatic carbocycles. The first-order valence-electron chi connectivity index (χ1n) is 6.23. The van der Waals surface area contributed by atoms with Crippen molar-refractivity contribution in [3.05, 3.63) is 65.7 Å². The average Bonchev–Trinajstić information content (AvgIpc) is 2.48. The molecule has 0 radical (unpaired) electrons. The van der Waals surface area contributed by atoms with Gasteiger partial charge in [-0.25, -0.2) is 0 Å². The number of benzene rings is 2. The van der Waals surface area contributed by atoms with E-state index in [2.05, 4.69) is 11.4 Å². The molecule has 2 aromatic rings. The molecule has 19 heavy (non-hydrogen) atoms. The van der Waals surface area contributed by atoms with Crippen LogP contribution < -0.4 is 5.32 Å². The van der Waals surface area contributed by atoms with Gasteiger partial charge < -0.3 is 10.4 Å². The summed E-state index contributed by atoms with van der Waals surface area (Å²) in [5.74, 6) is 0. The van der Waals surface area contributed by atoms with Crippen LogP contribution in [-0.4, -0.2) is 17.8 Å². The molecule has 1 atom stereocenters. The van der Waals surface area contributed by atoms with Gasteiger partial charge in [-0.1, -0.05) is 30.3 Å². The molecule has 0 spiro atoms. The maximum Gasteiger partial charge on any atom is 0.0991 e. The van der Waals surface area contributed by atoms with Crippen LogP contribution in [0.1, 0.15) is 11.1 Å². The third-order valence-corrected chi connectivity index (χ3v) is 2.93. The first kappa shape index (κ1) is 13.1. The van der Waals surface area contributed by atoms with Crippen molar-refractivity contribution in [2.45, 2.75) is 12.5 Å². The van der Waals surface area contributed by atoms with E-state index in [1.54, 1.807) is 12.1 Å². The number of hydrogen-bond donors (Lipinski definition) is 2. The van der Waals surface area contributed by atoms with Gasteiger partial charge in [0.2, 0.25) is 0 Å². The Labute approximate surface area is 113 Å². The smallest absolute Gasteiger partial charge is 0.0991 e. The Morgan fingerprint density at radius 2 is 1.74 bits per heavy atom. The van der Waals surface area contributed by atoms with Crippen molar-refractivity contribution in [3.63, 3.8) is 0 Å². The van der Waals surface area contributed by atoms with Crippen LogP contribution in [-0.2, 0) is 6.42 Å². The van der Waals surface area contributed by atoms with Crippen molar-refractivity contribution in [2.24, 2.45) is 0 Å². The predicted octanol–water partition coefficient (Wildman–Crippen LogP) is 2.57. The number of anilines is 1. The molecule has 0 bridgehead atoms. The highest BCUT2D eigenvalue weighted by atomic mass is 16.3. The Morgan fingerprint density at radius 3 is 2.32 bits per heavy atom. The van der Waals surface area contributed by atoms with E-state index in [1.165, 1.54) is 5.56 Å². The summed E-state index contributed by atoms with van der Waals surface area (Å²) in [6.07, 6.45) is 0.761. The standard InChI is InChI=1S/C16H16N2O/c17-11-14-6-8-15(9-7-14)18-16(12-19)10-13-4-2-1-3-5-13/h1-9,16,18-19H,10,12H2. The summed E-state index contributed by atoms with van der Waals surface area (Å²) in [7, 11) is 0. The molecule has 0 heterocycles. The summed E-state index contributed by atoms with van der Waals surface area (Å²) in [5.41, 5.74) is 2.73. The molecule has 0 saturated heterocycles. The molecule has 0 amide bonds. The highest BCUT2D eigenvalue weighted by Crippen LogP contribution is 2.12. The predicted molar refractivity (Wildman–Crippen MR) is 75.8 cm³/mol. The van der Waals surface area contributed by atoms with Gasteiger partial charge in [0.1, 0.15) is 0 Å². The molecule has 0 saturated carbocycles. The fraction of sp³-hybridized carbons (Fsp3) is 0.188. The summed E-state index contributed by atoms with van der Waals surface area (Å²) in [5, 5.41) is 21.4. The molecule has 1 unspecified atom stereocenters. The molecule has 0 fully saturated rings. The maximum atomic E-state index is 9.43. The molecule has 0 aliphatic heterocycles. The minimum absolute atomic E-state index is 0.0321. The zero-order valence-electron chi connectivity index (χ0n) is 10.6. The molecule has 3 heteroatoms. The molecule has 0 aromatic heterocycles. The second-order valence-electron chi connectivity index (χ2n) is 4.40. The van der Waals surface area contributed by atoms with Crippen molar-refractivity contribution >= 4 is 5.69 Å². The number of rotatable bonds is 5. The van der Waals surface area contributed by atoms with Crippen molar-refractivity contribution in [3.8, 4) is 6.07 Å². The third kappa shape index (κ3) is 3.84. The Bertz CT molecular complexity index is 543. The van der Waals surface area contributed by atoms with Crippen LogP contribution in [0.15, 0.2) is 54.6 Å². The van der Waals surface area contributed by atoms with Crippen LogP contribution in [0.5, 0.6) is 0 Å². The number of nitrogens with one attached hydrogen (secondary N) is 1. The molecule has 2 aromatic carbocycles. The van der Waals surface area contributed by atoms with Gasteiger partial charge in [-0.2, -0.15) is 5.26 Å². The Morgan fingerprint density at radius 1 is 1.05 bits per heavy atom. The molecule has 0 aliphatic rings. The summed E-state index contributed by atoms with van der Waals surface area (Å²) in [4.78, 5) is 0. The van der Waals surface area contributed by atoms with Crippen LogP contribution >= 0.6 is 0 Å². The number of hydrogen-bond acceptors (Lipinski definition) is 3. The van der Waals surface area contributed by atoms with E-state index in [0.29, 0.717) is 5.56 Å². The van der Waals surface area contributed by atoms with E-state index in [4.69, 9.17) is 5.26 Å². The van der Waals surface area contributed by atoms with Gasteiger partial charge in [-0.3, -0.25) is 0 Å². The maximum absolute atomic E-state index is 9.43. The SMILES string of the molecule is N#Cc1ccc(NC(CO)Cc2ccccc2)cc1. The summed E-state index contributed by atoms with van der Waals surface area (Å²) >= 11 is 0. The minimum Gasteiger partial charge on any atom is -0.394 e. The van der Waals surface area contributed by atoms with Crippen LogP contribution in [0, 0.1) is 11.3 Å². The largest absolute Gasteiger partial charge is 0.394 e. The van der Waals surface area contributed by atoms with E-state index in [9.17, 15) is 5.11 Å². The molecular weight excluding hydrogens is 236 g/mol. The normalized spacial score (nSPS) is 11.6. The van der Waals surface area contributed by atoms with Crippen molar-refractivity contribution in [1.82, 2.24) is 0 Å². The molecular formula is C16H16N2O. The Kier molecular flexibility index (Phi) is 4.54. The number of aliphatic hydroxyl groups excluding tert-OH is 1. The number of nitriles is 1. The molecule has 2 N–H and O–H groups in total. The summed E-state index contributed by atoms with van der Waals surface area (Å²) in [6.45, 7) is 0.0644. The lowest BCUT2D eigenvalue weighted by atomic mass is 10.1. The van der Waals surface area contributed by atoms with E-state index in [1.807, 2.05) is 42.5 Å². The van der Waals surface area contributed by atoms with Gasteiger partial charge in [-0.05, 0) is 36.2 Å². The van der Waals surface area contributed by atoms with Crippen LogP contribution in [0.2, 0.25) is 0 Å². The fourth-order valence-corrected chi connectivity index (χ4v) is 1.94. The van der Waals surface area contributed by atoms with Gasteiger partial charge in [0.15, 0.2) is 0 Å². The van der Waals surface area contributed by atoms with Gasteiger partial charge in [0.05, 0.1) is 24.3 Å². The van der Waals surface area contributed by atoms with Crippen LogP contribution in [0.3, 0.4) is 0 Å². The van der Waals surface area contributed by atoms with Crippen molar-refractivity contribution < 1.29 is 5.11 Å². The zero-order chi connectivity index (χ0) is 13.5. The van der Waals surface area contributed by atoms with Gasteiger partial charge in [-0.15, -0.1) is 0 Å². The number of nitrogens with zero attached hydrogens (tertiary/aromatic N) is 1. The monoisotopic (exact) mass is 252 g/mol. The molecule has 2 rings (SSSR count). The Hall–Kier alpha value is -2.31. The van der Waals surface area contributed by atoms with E-state index < -0.39 is 0 Å². The van der Waals surface area contributed by atoms with E-state index >= 15 is 0 Å². The number of aliphatic hydroxyl groups is 1. The highest BCUT2D eigenvalue weighted by Gasteiger charge is 2.08. The average molecular weight is 252 g/mol. The van der Waals surface area contributed by atoms with E-state index in [-0.39, 0.29) is 12.6 Å². The Balaban J connectivity index is 2.00. The summed E-state index contributed by atoms with van der Waals surface area (Å²) in [6, 6.07) is 19.3. The van der Waals surface area contributed by atoms with Gasteiger partial charge in [0, 0.05) is 5.69 Å². The lowest BCUT2D eigenvalue weighted by Gasteiger charge is -2.17. The first-order chi connectivity index (χ1) is 9.31. The third-order valence-electron chi connectivity index (χ3n) is 2.93. The fourth-order valence-electron chi connectivity index (χ4n) is 1.94. The lowest BCUT2D eigenvalue weighted by Crippen LogP contribution is -2.26. The van der Waals surface area contributed by atoms with Crippen LogP contribution in [0.25, 0.3) is 0 Å². The van der Waals surface area contributed by atoms with Crippen molar-refractivity contribution in [2.75, 3.05) is 11.9 Å². The first-order valence-corrected chi connectivity index (χ1v) is 6.23. The second-order valence-corrected chi connectivity index (χ2v) is 4.40. The van der Waals surface area contributed by atoms with Gasteiger partial charge in [0.25, 0.3) is 0 Å². The zero-order valence-corrected chi connectivity index (χ0v) is 10.6. The summed E-state index contributed by atoms with van der Waals surface area (Å²) < 4.78 is 0. The van der Waals surface area contributed by atoms with Crippen molar-refractivity contribution in [1.29, 1.82) is 5.26 Å². The molecule has 96 valence electrons. The minimum atomic E-state index is -0.0321. The highest BCUT2D eigenvalue weighted by molar-refractivity contribution is 5.48. The van der Waals surface area contributed by atoms with E-state index in [0.717, 1.165) is 12.1 Å². The quantitative estimate of drug-likeness (QED) is 0.860. The van der Waals surface area contributed by atoms with Gasteiger partial charge >= 0.3 is 0 Å². The van der Waals surface area contributed by atoms with Crippen LogP contribution in [0.4, 0.5) is 5.69 Å². The topological polar surface area (TPSA) is 56.0 Å².